The summed E-state index contributed by atoms with van der Waals surface area (Å²) in [6.45, 7) is 9.96. The average Bonchev–Trinajstić information content (AvgIpc) is 3.19. The number of allylic oxidation sites excluding steroid dienone is 8. The van der Waals surface area contributed by atoms with Gasteiger partial charge in [-0.3, -0.25) is 0 Å². The summed E-state index contributed by atoms with van der Waals surface area (Å²) >= 11 is -1.75. The van der Waals surface area contributed by atoms with Crippen molar-refractivity contribution in [1.29, 1.82) is 0 Å². The molecule has 0 bridgehead atoms. The van der Waals surface area contributed by atoms with E-state index in [0.717, 1.165) is 0 Å². The molecule has 0 N–H and O–H groups in total. The van der Waals surface area contributed by atoms with Crippen LogP contribution >= 0.6 is 0 Å². The molecule has 0 aromatic heterocycles. The van der Waals surface area contributed by atoms with E-state index in [9.17, 15) is 0 Å². The van der Waals surface area contributed by atoms with Crippen molar-refractivity contribution in [2.24, 2.45) is 0 Å². The summed E-state index contributed by atoms with van der Waals surface area (Å²) in [5.41, 5.74) is 3.58. The van der Waals surface area contributed by atoms with Crippen LogP contribution in [0.15, 0.2) is 42.1 Å². The van der Waals surface area contributed by atoms with Crippen LogP contribution in [0, 0.1) is 0 Å². The third-order valence-electron chi connectivity index (χ3n) is 5.38. The van der Waals surface area contributed by atoms with Crippen LogP contribution in [-0.2, 0) is 20.6 Å². The minimum atomic E-state index is -1.75. The Bertz CT molecular complexity index is 478. The van der Waals surface area contributed by atoms with Crippen molar-refractivity contribution in [3.05, 3.63) is 42.1 Å². The molecule has 0 saturated carbocycles. The minimum absolute atomic E-state index is 0.534. The van der Waals surface area contributed by atoms with Crippen molar-refractivity contribution in [2.75, 3.05) is 0 Å². The van der Waals surface area contributed by atoms with E-state index in [0.29, 0.717) is 0 Å². The third-order valence-corrected chi connectivity index (χ3v) is 33.1. The van der Waals surface area contributed by atoms with E-state index in [1.807, 2.05) is 6.66 Å². The fraction of sp³-hybridized carbons (Fsp3) is 0.636. The molecule has 133 valence electrons. The van der Waals surface area contributed by atoms with Gasteiger partial charge in [0.25, 0.3) is 0 Å². The Morgan fingerprint density at radius 2 is 1.25 bits per heavy atom. The fourth-order valence-electron chi connectivity index (χ4n) is 4.15. The molecule has 2 aliphatic rings. The Morgan fingerprint density at radius 3 is 1.62 bits per heavy atom. The quantitative estimate of drug-likeness (QED) is 0.205. The molecular weight excluding hydrogens is 471 g/mol. The summed E-state index contributed by atoms with van der Waals surface area (Å²) in [6.07, 6.45) is 23.6. The fourth-order valence-corrected chi connectivity index (χ4v) is 33.2. The standard InChI is InChI=1S/2C10H15.C2H7Si.Hf/c2*1-2-3-4-7-10-8-5-6-9-10;1-3-2;/h2*5,8H,2-4,6-7H2,1H3;3H,1-2H3;. The van der Waals surface area contributed by atoms with Gasteiger partial charge in [-0.1, -0.05) is 0 Å². The molecule has 0 unspecified atom stereocenters. The first-order chi connectivity index (χ1) is 11.7. The third kappa shape index (κ3) is 5.52. The van der Waals surface area contributed by atoms with Crippen molar-refractivity contribution in [2.45, 2.75) is 91.1 Å². The van der Waals surface area contributed by atoms with Gasteiger partial charge in [-0.05, 0) is 0 Å². The molecule has 0 aromatic carbocycles. The van der Waals surface area contributed by atoms with Crippen molar-refractivity contribution < 1.29 is 20.6 Å². The molecule has 0 saturated heterocycles. The van der Waals surface area contributed by atoms with Crippen molar-refractivity contribution in [1.82, 2.24) is 0 Å². The van der Waals surface area contributed by atoms with E-state index >= 15 is 0 Å². The molecule has 0 aliphatic heterocycles. The summed E-state index contributed by atoms with van der Waals surface area (Å²) < 4.78 is 4.04. The zero-order valence-corrected chi connectivity index (χ0v) is 21.2. The van der Waals surface area contributed by atoms with Gasteiger partial charge in [-0.2, -0.15) is 0 Å². The summed E-state index contributed by atoms with van der Waals surface area (Å²) in [5, 5.41) is 0. The van der Waals surface area contributed by atoms with Gasteiger partial charge in [0, 0.05) is 0 Å². The molecule has 0 aromatic rings. The molecular formula is C22H37HfSi. The molecule has 0 radical (unpaired) electrons. The molecule has 0 heterocycles. The Hall–Kier alpha value is 0.0470. The van der Waals surface area contributed by atoms with Crippen molar-refractivity contribution in [3.8, 4) is 0 Å². The van der Waals surface area contributed by atoms with Gasteiger partial charge in [0.15, 0.2) is 0 Å². The number of unbranched alkanes of at least 4 members (excludes halogenated alkanes) is 4. The average molecular weight is 508 g/mol. The Kier molecular flexibility index (Phi) is 9.25. The predicted molar refractivity (Wildman–Crippen MR) is 109 cm³/mol. The zero-order valence-electron chi connectivity index (χ0n) is 16.5. The first kappa shape index (κ1) is 20.4. The van der Waals surface area contributed by atoms with E-state index in [4.69, 9.17) is 0 Å². The van der Waals surface area contributed by atoms with Gasteiger partial charge in [0.1, 0.15) is 0 Å². The SMILES string of the molecule is CCCCCC1=[C]([Hf]([C]2=C(CCCCC)C=CC2)[SiH](C)C)CC=C1. The first-order valence-electron chi connectivity index (χ1n) is 10.3. The van der Waals surface area contributed by atoms with Crippen LogP contribution in [0.25, 0.3) is 0 Å². The Labute approximate surface area is 159 Å². The summed E-state index contributed by atoms with van der Waals surface area (Å²) in [7, 11) is 0. The Balaban J connectivity index is 2.19. The predicted octanol–water partition coefficient (Wildman–Crippen LogP) is 7.18. The maximum atomic E-state index is 2.66. The van der Waals surface area contributed by atoms with Gasteiger partial charge < -0.3 is 0 Å². The molecule has 2 rings (SSSR count). The molecule has 24 heavy (non-hydrogen) atoms. The van der Waals surface area contributed by atoms with Crippen LogP contribution < -0.4 is 0 Å². The summed E-state index contributed by atoms with van der Waals surface area (Å²) in [6, 6.07) is 0. The summed E-state index contributed by atoms with van der Waals surface area (Å²) in [4.78, 5) is 0. The van der Waals surface area contributed by atoms with Crippen LogP contribution in [0.5, 0.6) is 0 Å². The van der Waals surface area contributed by atoms with E-state index in [1.165, 1.54) is 64.2 Å². The second-order valence-electron chi connectivity index (χ2n) is 7.70. The van der Waals surface area contributed by atoms with Crippen LogP contribution in [0.1, 0.15) is 78.1 Å². The van der Waals surface area contributed by atoms with E-state index < -0.39 is 26.6 Å². The van der Waals surface area contributed by atoms with Crippen LogP contribution in [0.3, 0.4) is 0 Å². The molecule has 0 amide bonds. The van der Waals surface area contributed by atoms with Gasteiger partial charge in [-0.25, -0.2) is 0 Å². The van der Waals surface area contributed by atoms with Gasteiger partial charge in [-0.15, -0.1) is 0 Å². The van der Waals surface area contributed by atoms with Gasteiger partial charge in [0.2, 0.25) is 0 Å². The second-order valence-corrected chi connectivity index (χ2v) is 34.5. The van der Waals surface area contributed by atoms with Crippen LogP contribution in [0.4, 0.5) is 0 Å². The molecule has 2 aliphatic carbocycles. The van der Waals surface area contributed by atoms with Gasteiger partial charge >= 0.3 is 160 Å². The number of rotatable bonds is 11. The maximum absolute atomic E-state index is 2.66. The molecule has 2 heteroatoms. The number of hydrogen-bond donors (Lipinski definition) is 0. The Morgan fingerprint density at radius 1 is 0.792 bits per heavy atom. The van der Waals surface area contributed by atoms with Gasteiger partial charge in [0.05, 0.1) is 0 Å². The van der Waals surface area contributed by atoms with E-state index in [1.54, 1.807) is 11.1 Å². The molecule has 0 spiro atoms. The molecule has 0 atom stereocenters. The van der Waals surface area contributed by atoms with Crippen molar-refractivity contribution >= 4 is 5.98 Å². The molecule has 0 fully saturated rings. The normalized spacial score (nSPS) is 17.0. The summed E-state index contributed by atoms with van der Waals surface area (Å²) in [5.74, 6) is -0.534. The second kappa shape index (κ2) is 10.9. The van der Waals surface area contributed by atoms with Crippen LogP contribution in [0.2, 0.25) is 13.1 Å². The monoisotopic (exact) mass is 509 g/mol. The first-order valence-corrected chi connectivity index (χ1v) is 23.0. The topological polar surface area (TPSA) is 0 Å². The van der Waals surface area contributed by atoms with Crippen LogP contribution in [-0.4, -0.2) is 5.98 Å². The zero-order chi connectivity index (χ0) is 17.4. The van der Waals surface area contributed by atoms with E-state index in [-0.39, 0.29) is 0 Å². The molecule has 0 nitrogen and oxygen atoms in total. The number of hydrogen-bond acceptors (Lipinski definition) is 0. The van der Waals surface area contributed by atoms with Crippen molar-refractivity contribution in [3.63, 3.8) is 0 Å². The van der Waals surface area contributed by atoms with E-state index in [2.05, 4.69) is 51.2 Å².